The van der Waals surface area contributed by atoms with Crippen LogP contribution >= 0.6 is 0 Å². The van der Waals surface area contributed by atoms with Gasteiger partial charge in [0.1, 0.15) is 11.7 Å². The zero-order valence-corrected chi connectivity index (χ0v) is 15.1. The summed E-state index contributed by atoms with van der Waals surface area (Å²) in [6.45, 7) is 6.53. The number of hydrogen-bond acceptors (Lipinski definition) is 3. The van der Waals surface area contributed by atoms with E-state index in [0.717, 1.165) is 16.7 Å². The van der Waals surface area contributed by atoms with E-state index >= 15 is 0 Å². The Morgan fingerprint density at radius 3 is 2.36 bits per heavy atom. The van der Waals surface area contributed by atoms with Crippen molar-refractivity contribution in [3.05, 3.63) is 58.4 Å². The second-order valence-corrected chi connectivity index (χ2v) is 6.36. The summed E-state index contributed by atoms with van der Waals surface area (Å²) in [5, 5.41) is 15.1. The van der Waals surface area contributed by atoms with Gasteiger partial charge in [-0.3, -0.25) is 14.9 Å². The van der Waals surface area contributed by atoms with Gasteiger partial charge >= 0.3 is 5.97 Å². The van der Waals surface area contributed by atoms with E-state index in [2.05, 4.69) is 22.8 Å². The average Bonchev–Trinajstić information content (AvgIpc) is 2.94. The quantitative estimate of drug-likeness (QED) is 0.717. The van der Waals surface area contributed by atoms with Crippen molar-refractivity contribution in [3.63, 3.8) is 0 Å². The van der Waals surface area contributed by atoms with Crippen molar-refractivity contribution in [2.45, 2.75) is 33.4 Å². The van der Waals surface area contributed by atoms with Crippen LogP contribution in [0, 0.1) is 20.8 Å². The predicted molar refractivity (Wildman–Crippen MR) is 96.7 cm³/mol. The van der Waals surface area contributed by atoms with Crippen LogP contribution in [0.25, 0.3) is 0 Å². The number of nitrogens with zero attached hydrogens (tertiary/aromatic N) is 1. The molecule has 6 nitrogen and oxygen atoms in total. The highest BCUT2D eigenvalue weighted by molar-refractivity contribution is 5.93. The molecule has 2 rings (SSSR count). The highest BCUT2D eigenvalue weighted by atomic mass is 16.4. The number of carbonyl (C=O) groups excluding carboxylic acids is 1. The maximum Gasteiger partial charge on any atom is 0.322 e. The van der Waals surface area contributed by atoms with Gasteiger partial charge in [-0.15, -0.1) is 0 Å². The van der Waals surface area contributed by atoms with Crippen molar-refractivity contribution < 1.29 is 14.7 Å². The number of amides is 1. The SMILES string of the molecule is Cc1cc(C)c(CN[C@@H](CNC(=O)c2cccn2C)C(=O)O)c(C)c1. The summed E-state index contributed by atoms with van der Waals surface area (Å²) in [6, 6.07) is 6.76. The van der Waals surface area contributed by atoms with E-state index in [1.165, 1.54) is 5.56 Å². The molecule has 0 saturated heterocycles. The first-order valence-corrected chi connectivity index (χ1v) is 8.22. The molecule has 0 radical (unpaired) electrons. The first-order chi connectivity index (χ1) is 11.8. The van der Waals surface area contributed by atoms with Gasteiger partial charge in [-0.1, -0.05) is 17.7 Å². The first kappa shape index (κ1) is 18.7. The molecule has 134 valence electrons. The Morgan fingerprint density at radius 2 is 1.84 bits per heavy atom. The molecule has 0 saturated carbocycles. The lowest BCUT2D eigenvalue weighted by Crippen LogP contribution is -2.46. The third-order valence-corrected chi connectivity index (χ3v) is 4.31. The Kier molecular flexibility index (Phi) is 5.98. The number of nitrogens with one attached hydrogen (secondary N) is 2. The van der Waals surface area contributed by atoms with Crippen molar-refractivity contribution in [2.24, 2.45) is 7.05 Å². The summed E-state index contributed by atoms with van der Waals surface area (Å²) in [5.74, 6) is -1.28. The van der Waals surface area contributed by atoms with E-state index in [0.29, 0.717) is 12.2 Å². The molecule has 3 N–H and O–H groups in total. The Hall–Kier alpha value is -2.60. The highest BCUT2D eigenvalue weighted by Crippen LogP contribution is 2.16. The molecular weight excluding hydrogens is 318 g/mol. The zero-order chi connectivity index (χ0) is 18.6. The smallest absolute Gasteiger partial charge is 0.322 e. The summed E-state index contributed by atoms with van der Waals surface area (Å²) in [5.41, 5.74) is 5.02. The number of carbonyl (C=O) groups is 2. The molecule has 1 heterocycles. The maximum absolute atomic E-state index is 12.1. The number of rotatable bonds is 7. The van der Waals surface area contributed by atoms with Crippen molar-refractivity contribution in [3.8, 4) is 0 Å². The fourth-order valence-corrected chi connectivity index (χ4v) is 2.94. The Labute approximate surface area is 147 Å². The third-order valence-electron chi connectivity index (χ3n) is 4.31. The fourth-order valence-electron chi connectivity index (χ4n) is 2.94. The van der Waals surface area contributed by atoms with Crippen LogP contribution in [0.1, 0.15) is 32.7 Å². The van der Waals surface area contributed by atoms with E-state index in [9.17, 15) is 14.7 Å². The molecule has 6 heteroatoms. The van der Waals surface area contributed by atoms with Gasteiger partial charge < -0.3 is 15.0 Å². The minimum absolute atomic E-state index is 0.0172. The summed E-state index contributed by atoms with van der Waals surface area (Å²) in [6.07, 6.45) is 1.77. The number of aromatic nitrogens is 1. The molecule has 0 aliphatic heterocycles. The van der Waals surface area contributed by atoms with Gasteiger partial charge in [0.2, 0.25) is 0 Å². The number of carboxylic acid groups (broad SMARTS) is 1. The molecule has 0 unspecified atom stereocenters. The van der Waals surface area contributed by atoms with Gasteiger partial charge in [0.05, 0.1) is 0 Å². The minimum Gasteiger partial charge on any atom is -0.480 e. The molecule has 2 aromatic rings. The van der Waals surface area contributed by atoms with Crippen LogP contribution in [0.5, 0.6) is 0 Å². The monoisotopic (exact) mass is 343 g/mol. The summed E-state index contributed by atoms with van der Waals surface area (Å²) >= 11 is 0. The molecular formula is C19H25N3O3. The number of benzene rings is 1. The molecule has 0 bridgehead atoms. The topological polar surface area (TPSA) is 83.4 Å². The molecule has 0 aliphatic rings. The van der Waals surface area contributed by atoms with Crippen LogP contribution in [-0.4, -0.2) is 34.1 Å². The van der Waals surface area contributed by atoms with Gasteiger partial charge in [-0.2, -0.15) is 0 Å². The summed E-state index contributed by atoms with van der Waals surface area (Å²) in [7, 11) is 1.77. The van der Waals surface area contributed by atoms with E-state index in [1.807, 2.05) is 20.8 Å². The van der Waals surface area contributed by atoms with Crippen molar-refractivity contribution in [1.29, 1.82) is 0 Å². The van der Waals surface area contributed by atoms with Crippen LogP contribution in [0.2, 0.25) is 0 Å². The Bertz CT molecular complexity index is 757. The Balaban J connectivity index is 1.99. The van der Waals surface area contributed by atoms with E-state index in [4.69, 9.17) is 0 Å². The number of carboxylic acids is 1. The summed E-state index contributed by atoms with van der Waals surface area (Å²) in [4.78, 5) is 23.6. The minimum atomic E-state index is -0.991. The van der Waals surface area contributed by atoms with Crippen LogP contribution < -0.4 is 10.6 Å². The second kappa shape index (κ2) is 7.98. The first-order valence-electron chi connectivity index (χ1n) is 8.22. The standard InChI is InChI=1S/C19H25N3O3/c1-12-8-13(2)15(14(3)9-12)10-20-16(19(24)25)11-21-18(23)17-6-5-7-22(17)4/h5-9,16,20H,10-11H2,1-4H3,(H,21,23)(H,24,25)/t16-/m0/s1. The lowest BCUT2D eigenvalue weighted by molar-refractivity contribution is -0.139. The van der Waals surface area contributed by atoms with Crippen LogP contribution in [0.3, 0.4) is 0 Å². The average molecular weight is 343 g/mol. The fraction of sp³-hybridized carbons (Fsp3) is 0.368. The molecule has 25 heavy (non-hydrogen) atoms. The zero-order valence-electron chi connectivity index (χ0n) is 15.1. The van der Waals surface area contributed by atoms with Crippen molar-refractivity contribution >= 4 is 11.9 Å². The molecule has 0 aliphatic carbocycles. The van der Waals surface area contributed by atoms with Gasteiger partial charge in [-0.25, -0.2) is 0 Å². The number of hydrogen-bond donors (Lipinski definition) is 3. The molecule has 1 aromatic carbocycles. The van der Waals surface area contributed by atoms with Crippen molar-refractivity contribution in [1.82, 2.24) is 15.2 Å². The molecule has 1 amide bonds. The van der Waals surface area contributed by atoms with Crippen molar-refractivity contribution in [2.75, 3.05) is 6.54 Å². The van der Waals surface area contributed by atoms with Gasteiger partial charge in [0.15, 0.2) is 0 Å². The van der Waals surface area contributed by atoms with E-state index < -0.39 is 12.0 Å². The predicted octanol–water partition coefficient (Wildman–Crippen LogP) is 1.92. The lowest BCUT2D eigenvalue weighted by atomic mass is 9.99. The lowest BCUT2D eigenvalue weighted by Gasteiger charge is -2.18. The van der Waals surface area contributed by atoms with E-state index in [-0.39, 0.29) is 12.5 Å². The maximum atomic E-state index is 12.1. The van der Waals surface area contributed by atoms with Gasteiger partial charge in [0, 0.05) is 26.3 Å². The largest absolute Gasteiger partial charge is 0.480 e. The van der Waals surface area contributed by atoms with E-state index in [1.54, 1.807) is 29.9 Å². The van der Waals surface area contributed by atoms with Gasteiger partial charge in [-0.05, 0) is 49.6 Å². The second-order valence-electron chi connectivity index (χ2n) is 6.36. The van der Waals surface area contributed by atoms with Crippen LogP contribution in [0.15, 0.2) is 30.5 Å². The summed E-state index contributed by atoms with van der Waals surface area (Å²) < 4.78 is 1.69. The Morgan fingerprint density at radius 1 is 1.20 bits per heavy atom. The normalized spacial score (nSPS) is 12.0. The number of aliphatic carboxylic acids is 1. The molecule has 0 spiro atoms. The van der Waals surface area contributed by atoms with Gasteiger partial charge in [0.25, 0.3) is 5.91 Å². The van der Waals surface area contributed by atoms with Crippen LogP contribution in [0.4, 0.5) is 0 Å². The highest BCUT2D eigenvalue weighted by Gasteiger charge is 2.19. The third kappa shape index (κ3) is 4.70. The molecule has 1 aromatic heterocycles. The molecule has 1 atom stereocenters. The number of aryl methyl sites for hydroxylation is 4. The van der Waals surface area contributed by atoms with Crippen LogP contribution in [-0.2, 0) is 18.4 Å². The molecule has 0 fully saturated rings.